The largest absolute Gasteiger partial charge is 0.489 e. The highest BCUT2D eigenvalue weighted by atomic mass is 16.5. The summed E-state index contributed by atoms with van der Waals surface area (Å²) in [6.45, 7) is 4.56. The third-order valence-electron chi connectivity index (χ3n) is 4.39. The average molecular weight is 372 g/mol. The molecule has 0 spiro atoms. The van der Waals surface area contributed by atoms with Crippen LogP contribution in [0.2, 0.25) is 0 Å². The smallest absolute Gasteiger partial charge is 0.244 e. The SMILES string of the molecule is Cc1ccc(C)c(CC(=O)N/N=C/c2ccc(OCc3ccccc3)cc2)c1. The molecule has 0 aromatic heterocycles. The van der Waals surface area contributed by atoms with E-state index in [0.717, 1.165) is 33.6 Å². The number of carbonyl (C=O) groups excluding carboxylic acids is 1. The van der Waals surface area contributed by atoms with Gasteiger partial charge in [0.15, 0.2) is 0 Å². The van der Waals surface area contributed by atoms with E-state index >= 15 is 0 Å². The average Bonchev–Trinajstić information content (AvgIpc) is 2.71. The normalized spacial score (nSPS) is 10.8. The highest BCUT2D eigenvalue weighted by molar-refractivity contribution is 5.83. The lowest BCUT2D eigenvalue weighted by Gasteiger charge is -2.07. The van der Waals surface area contributed by atoms with Crippen LogP contribution >= 0.6 is 0 Å². The van der Waals surface area contributed by atoms with E-state index in [2.05, 4.69) is 10.5 Å². The van der Waals surface area contributed by atoms with Crippen LogP contribution in [0.4, 0.5) is 0 Å². The minimum atomic E-state index is -0.132. The lowest BCUT2D eigenvalue weighted by Crippen LogP contribution is -2.20. The zero-order chi connectivity index (χ0) is 19.8. The van der Waals surface area contributed by atoms with E-state index in [1.807, 2.05) is 86.6 Å². The number of carbonyl (C=O) groups is 1. The third-order valence-corrected chi connectivity index (χ3v) is 4.39. The molecule has 1 N–H and O–H groups in total. The molecule has 0 aliphatic rings. The number of nitrogens with one attached hydrogen (secondary N) is 1. The number of rotatable bonds is 7. The second-order valence-corrected chi connectivity index (χ2v) is 6.74. The van der Waals surface area contributed by atoms with E-state index in [1.54, 1.807) is 6.21 Å². The first-order valence-corrected chi connectivity index (χ1v) is 9.25. The van der Waals surface area contributed by atoms with Crippen LogP contribution in [0.1, 0.15) is 27.8 Å². The van der Waals surface area contributed by atoms with Crippen LogP contribution < -0.4 is 10.2 Å². The molecule has 4 heteroatoms. The summed E-state index contributed by atoms with van der Waals surface area (Å²) in [5.74, 6) is 0.660. The van der Waals surface area contributed by atoms with Gasteiger partial charge in [0.2, 0.25) is 5.91 Å². The third kappa shape index (κ3) is 5.81. The summed E-state index contributed by atoms with van der Waals surface area (Å²) in [6.07, 6.45) is 1.94. The molecule has 3 rings (SSSR count). The summed E-state index contributed by atoms with van der Waals surface area (Å²) in [7, 11) is 0. The summed E-state index contributed by atoms with van der Waals surface area (Å²) in [5.41, 5.74) is 7.87. The Hall–Kier alpha value is -3.40. The van der Waals surface area contributed by atoms with Crippen molar-refractivity contribution in [3.63, 3.8) is 0 Å². The van der Waals surface area contributed by atoms with Crippen LogP contribution in [-0.2, 0) is 17.8 Å². The first-order valence-electron chi connectivity index (χ1n) is 9.25. The molecule has 142 valence electrons. The fourth-order valence-electron chi connectivity index (χ4n) is 2.77. The van der Waals surface area contributed by atoms with Gasteiger partial charge in [-0.3, -0.25) is 4.79 Å². The monoisotopic (exact) mass is 372 g/mol. The molecule has 0 fully saturated rings. The zero-order valence-corrected chi connectivity index (χ0v) is 16.2. The number of benzene rings is 3. The summed E-state index contributed by atoms with van der Waals surface area (Å²) in [5, 5.41) is 4.05. The Bertz CT molecular complexity index is 948. The lowest BCUT2D eigenvalue weighted by atomic mass is 10.0. The van der Waals surface area contributed by atoms with Crippen molar-refractivity contribution >= 4 is 12.1 Å². The molecule has 0 saturated carbocycles. The molecule has 28 heavy (non-hydrogen) atoms. The van der Waals surface area contributed by atoms with Gasteiger partial charge in [-0.15, -0.1) is 0 Å². The summed E-state index contributed by atoms with van der Waals surface area (Å²) in [6, 6.07) is 23.7. The predicted molar refractivity (Wildman–Crippen MR) is 113 cm³/mol. The number of aryl methyl sites for hydroxylation is 2. The van der Waals surface area contributed by atoms with Crippen molar-refractivity contribution in [1.82, 2.24) is 5.43 Å². The number of nitrogens with zero attached hydrogens (tertiary/aromatic N) is 1. The molecule has 4 nitrogen and oxygen atoms in total. The minimum absolute atomic E-state index is 0.132. The van der Waals surface area contributed by atoms with Gasteiger partial charge in [0, 0.05) is 0 Å². The fourth-order valence-corrected chi connectivity index (χ4v) is 2.77. The van der Waals surface area contributed by atoms with Crippen LogP contribution in [-0.4, -0.2) is 12.1 Å². The number of hydrazone groups is 1. The number of ether oxygens (including phenoxy) is 1. The molecular weight excluding hydrogens is 348 g/mol. The van der Waals surface area contributed by atoms with Gasteiger partial charge in [-0.2, -0.15) is 5.10 Å². The molecule has 0 aliphatic heterocycles. The Labute approximate surface area is 165 Å². The van der Waals surface area contributed by atoms with E-state index < -0.39 is 0 Å². The van der Waals surface area contributed by atoms with Gasteiger partial charge in [0.05, 0.1) is 12.6 Å². The van der Waals surface area contributed by atoms with Crippen molar-refractivity contribution in [2.45, 2.75) is 26.9 Å². The first kappa shape index (κ1) is 19.4. The second kappa shape index (κ2) is 9.51. The minimum Gasteiger partial charge on any atom is -0.489 e. The Morgan fingerprint density at radius 2 is 1.75 bits per heavy atom. The molecule has 0 atom stereocenters. The van der Waals surface area contributed by atoms with E-state index in [-0.39, 0.29) is 5.91 Å². The van der Waals surface area contributed by atoms with Crippen LogP contribution in [0.3, 0.4) is 0 Å². The van der Waals surface area contributed by atoms with Gasteiger partial charge in [-0.1, -0.05) is 54.1 Å². The highest BCUT2D eigenvalue weighted by Crippen LogP contribution is 2.14. The maximum Gasteiger partial charge on any atom is 0.244 e. The van der Waals surface area contributed by atoms with Gasteiger partial charge >= 0.3 is 0 Å². The maximum atomic E-state index is 12.1. The molecule has 3 aromatic carbocycles. The Kier molecular flexibility index (Phi) is 6.58. The molecule has 0 radical (unpaired) electrons. The van der Waals surface area contributed by atoms with Crippen molar-refractivity contribution in [2.75, 3.05) is 0 Å². The first-order chi connectivity index (χ1) is 13.6. The van der Waals surface area contributed by atoms with Gasteiger partial charge in [0.25, 0.3) is 0 Å². The van der Waals surface area contributed by atoms with Gasteiger partial charge in [0.1, 0.15) is 12.4 Å². The van der Waals surface area contributed by atoms with Gasteiger partial charge in [-0.25, -0.2) is 5.43 Å². The van der Waals surface area contributed by atoms with Crippen molar-refractivity contribution in [3.05, 3.63) is 101 Å². The van der Waals surface area contributed by atoms with Crippen LogP contribution in [0.25, 0.3) is 0 Å². The van der Waals surface area contributed by atoms with Crippen LogP contribution in [0.5, 0.6) is 5.75 Å². The molecule has 0 saturated heterocycles. The fraction of sp³-hybridized carbons (Fsp3) is 0.167. The molecule has 1 amide bonds. The molecule has 0 heterocycles. The number of hydrogen-bond acceptors (Lipinski definition) is 3. The Balaban J connectivity index is 1.48. The maximum absolute atomic E-state index is 12.1. The summed E-state index contributed by atoms with van der Waals surface area (Å²) in [4.78, 5) is 12.1. The van der Waals surface area contributed by atoms with Gasteiger partial charge < -0.3 is 4.74 Å². The predicted octanol–water partition coefficient (Wildman–Crippen LogP) is 4.58. The van der Waals surface area contributed by atoms with E-state index in [1.165, 1.54) is 0 Å². The second-order valence-electron chi connectivity index (χ2n) is 6.74. The molecule has 0 bridgehead atoms. The number of hydrogen-bond donors (Lipinski definition) is 1. The standard InChI is InChI=1S/C24H24N2O2/c1-18-8-9-19(2)22(14-18)15-24(27)26-25-16-20-10-12-23(13-11-20)28-17-21-6-4-3-5-7-21/h3-14,16H,15,17H2,1-2H3,(H,26,27)/b25-16+. The zero-order valence-electron chi connectivity index (χ0n) is 16.2. The Morgan fingerprint density at radius 1 is 1.00 bits per heavy atom. The number of amides is 1. The van der Waals surface area contributed by atoms with Gasteiger partial charge in [-0.05, 0) is 60.4 Å². The van der Waals surface area contributed by atoms with E-state index in [9.17, 15) is 4.79 Å². The van der Waals surface area contributed by atoms with E-state index in [0.29, 0.717) is 13.0 Å². The molecule has 0 aliphatic carbocycles. The topological polar surface area (TPSA) is 50.7 Å². The van der Waals surface area contributed by atoms with Crippen LogP contribution in [0.15, 0.2) is 77.9 Å². The summed E-state index contributed by atoms with van der Waals surface area (Å²) >= 11 is 0. The van der Waals surface area contributed by atoms with Crippen molar-refractivity contribution in [2.24, 2.45) is 5.10 Å². The van der Waals surface area contributed by atoms with Crippen molar-refractivity contribution in [1.29, 1.82) is 0 Å². The Morgan fingerprint density at radius 3 is 2.50 bits per heavy atom. The van der Waals surface area contributed by atoms with Crippen LogP contribution in [0, 0.1) is 13.8 Å². The molecule has 0 unspecified atom stereocenters. The highest BCUT2D eigenvalue weighted by Gasteiger charge is 2.05. The van der Waals surface area contributed by atoms with E-state index in [4.69, 9.17) is 4.74 Å². The lowest BCUT2D eigenvalue weighted by molar-refractivity contribution is -0.120. The summed E-state index contributed by atoms with van der Waals surface area (Å²) < 4.78 is 5.76. The van der Waals surface area contributed by atoms with Crippen molar-refractivity contribution < 1.29 is 9.53 Å². The van der Waals surface area contributed by atoms with Crippen molar-refractivity contribution in [3.8, 4) is 5.75 Å². The molecular formula is C24H24N2O2. The molecule has 3 aromatic rings. The quantitative estimate of drug-likeness (QED) is 0.488.